The number of pyridine rings is 2. The molecule has 30 heavy (non-hydrogen) atoms. The molecule has 1 saturated carbocycles. The summed E-state index contributed by atoms with van der Waals surface area (Å²) in [6, 6.07) is 5.26. The Morgan fingerprint density at radius 3 is 2.90 bits per heavy atom. The van der Waals surface area contributed by atoms with Crippen molar-refractivity contribution in [1.29, 1.82) is 0 Å². The van der Waals surface area contributed by atoms with Gasteiger partial charge in [-0.2, -0.15) is 4.98 Å². The van der Waals surface area contributed by atoms with Crippen molar-refractivity contribution in [3.8, 4) is 10.8 Å². The molecule has 0 aliphatic heterocycles. The Morgan fingerprint density at radius 1 is 1.30 bits per heavy atom. The number of nitrogens with one attached hydrogen (secondary N) is 1. The second-order valence-electron chi connectivity index (χ2n) is 7.33. The topological polar surface area (TPSA) is 103 Å². The lowest BCUT2D eigenvalue weighted by molar-refractivity contribution is 0.102. The second-order valence-corrected chi connectivity index (χ2v) is 8.25. The molecule has 4 aromatic rings. The second kappa shape index (κ2) is 7.17. The van der Waals surface area contributed by atoms with E-state index in [0.29, 0.717) is 45.8 Å². The molecule has 5 rings (SSSR count). The third kappa shape index (κ3) is 3.21. The van der Waals surface area contributed by atoms with Gasteiger partial charge >= 0.3 is 0 Å². The lowest BCUT2D eigenvalue weighted by Crippen LogP contribution is -2.24. The summed E-state index contributed by atoms with van der Waals surface area (Å²) in [5.41, 5.74) is 1.66. The average molecular weight is 421 g/mol. The molecule has 4 aromatic heterocycles. The number of carbonyl (C=O) groups excluding carboxylic acids is 1. The van der Waals surface area contributed by atoms with E-state index in [0.717, 1.165) is 18.5 Å². The molecule has 1 N–H and O–H groups in total. The Bertz CT molecular complexity index is 1330. The van der Waals surface area contributed by atoms with Gasteiger partial charge in [0, 0.05) is 24.4 Å². The molecule has 152 valence electrons. The van der Waals surface area contributed by atoms with Crippen LogP contribution < -0.4 is 10.7 Å². The summed E-state index contributed by atoms with van der Waals surface area (Å²) < 4.78 is 7.20. The number of aryl methyl sites for hydroxylation is 2. The van der Waals surface area contributed by atoms with Gasteiger partial charge in [0.2, 0.25) is 5.43 Å². The van der Waals surface area contributed by atoms with Crippen LogP contribution in [0, 0.1) is 6.92 Å². The van der Waals surface area contributed by atoms with Gasteiger partial charge in [-0.25, -0.2) is 4.98 Å². The van der Waals surface area contributed by atoms with E-state index in [2.05, 4.69) is 20.4 Å². The lowest BCUT2D eigenvalue weighted by atomic mass is 10.1. The maximum atomic E-state index is 13.0. The van der Waals surface area contributed by atoms with Crippen molar-refractivity contribution in [2.45, 2.75) is 39.2 Å². The summed E-state index contributed by atoms with van der Waals surface area (Å²) in [6.45, 7) is 4.40. The number of nitrogens with zero attached hydrogens (tertiary/aromatic N) is 4. The third-order valence-electron chi connectivity index (χ3n) is 5.14. The normalized spacial score (nSPS) is 13.7. The van der Waals surface area contributed by atoms with Gasteiger partial charge in [0.1, 0.15) is 16.1 Å². The van der Waals surface area contributed by atoms with Gasteiger partial charge in [-0.1, -0.05) is 5.16 Å². The Morgan fingerprint density at radius 2 is 2.13 bits per heavy atom. The van der Waals surface area contributed by atoms with Crippen LogP contribution in [0.1, 0.15) is 47.6 Å². The van der Waals surface area contributed by atoms with E-state index in [9.17, 15) is 9.59 Å². The largest absolute Gasteiger partial charge is 0.333 e. The SMILES string of the molecule is CCn1cc(C(=O)Nc2ccsc2-c2nc(C3CC3)no2)c(=O)c2ccc(C)nc21. The first kappa shape index (κ1) is 18.7. The molecule has 0 atom stereocenters. The minimum Gasteiger partial charge on any atom is -0.333 e. The number of rotatable bonds is 5. The van der Waals surface area contributed by atoms with Crippen molar-refractivity contribution in [2.24, 2.45) is 0 Å². The number of carbonyl (C=O) groups is 1. The van der Waals surface area contributed by atoms with Crippen molar-refractivity contribution in [3.63, 3.8) is 0 Å². The molecular formula is C21H19N5O3S. The van der Waals surface area contributed by atoms with E-state index in [1.54, 1.807) is 24.4 Å². The Balaban J connectivity index is 1.50. The Labute approximate surface area is 175 Å². The first-order valence-corrected chi connectivity index (χ1v) is 10.7. The van der Waals surface area contributed by atoms with E-state index in [1.165, 1.54) is 11.3 Å². The number of hydrogen-bond donors (Lipinski definition) is 1. The monoisotopic (exact) mass is 421 g/mol. The minimum atomic E-state index is -0.480. The van der Waals surface area contributed by atoms with Crippen LogP contribution >= 0.6 is 11.3 Å². The number of aromatic nitrogens is 4. The van der Waals surface area contributed by atoms with Gasteiger partial charge in [0.25, 0.3) is 11.8 Å². The zero-order valence-corrected chi connectivity index (χ0v) is 17.3. The van der Waals surface area contributed by atoms with E-state index < -0.39 is 5.91 Å². The predicted octanol–water partition coefficient (Wildman–Crippen LogP) is 3.97. The molecule has 9 heteroatoms. The highest BCUT2D eigenvalue weighted by Gasteiger charge is 2.29. The molecule has 8 nitrogen and oxygen atoms in total. The highest BCUT2D eigenvalue weighted by Crippen LogP contribution is 2.40. The van der Waals surface area contributed by atoms with E-state index >= 15 is 0 Å². The molecule has 0 aromatic carbocycles. The summed E-state index contributed by atoms with van der Waals surface area (Å²) in [4.78, 5) is 35.6. The summed E-state index contributed by atoms with van der Waals surface area (Å²) >= 11 is 1.40. The average Bonchev–Trinajstić information content (AvgIpc) is 3.29. The van der Waals surface area contributed by atoms with Gasteiger partial charge in [-0.3, -0.25) is 9.59 Å². The van der Waals surface area contributed by atoms with Crippen LogP contribution in [-0.4, -0.2) is 25.6 Å². The first-order valence-electron chi connectivity index (χ1n) is 9.78. The fourth-order valence-corrected chi connectivity index (χ4v) is 4.13. The van der Waals surface area contributed by atoms with Crippen LogP contribution in [0.3, 0.4) is 0 Å². The Hall–Kier alpha value is -3.33. The zero-order chi connectivity index (χ0) is 20.8. The number of thiophene rings is 1. The van der Waals surface area contributed by atoms with Crippen molar-refractivity contribution < 1.29 is 9.32 Å². The maximum absolute atomic E-state index is 13.0. The number of amides is 1. The molecule has 0 spiro atoms. The van der Waals surface area contributed by atoms with E-state index in [4.69, 9.17) is 4.52 Å². The van der Waals surface area contributed by atoms with Gasteiger partial charge in [-0.05, 0) is 50.3 Å². The summed E-state index contributed by atoms with van der Waals surface area (Å²) in [5.74, 6) is 0.985. The third-order valence-corrected chi connectivity index (χ3v) is 6.04. The standard InChI is InChI=1S/C21H19N5O3S/c1-3-26-10-14(16(27)13-7-4-11(2)22-19(13)26)20(28)23-15-8-9-30-17(15)21-24-18(25-29-21)12-5-6-12/h4,7-10,12H,3,5-6H2,1-2H3,(H,23,28). The summed E-state index contributed by atoms with van der Waals surface area (Å²) in [7, 11) is 0. The van der Waals surface area contributed by atoms with Gasteiger partial charge in [0.05, 0.1) is 11.1 Å². The fourth-order valence-electron chi connectivity index (χ4n) is 3.36. The fraction of sp³-hybridized carbons (Fsp3) is 0.286. The van der Waals surface area contributed by atoms with Gasteiger partial charge in [0.15, 0.2) is 5.82 Å². The summed E-state index contributed by atoms with van der Waals surface area (Å²) in [5, 5.41) is 9.14. The number of hydrogen-bond acceptors (Lipinski definition) is 7. The lowest BCUT2D eigenvalue weighted by Gasteiger charge is -2.11. The molecular weight excluding hydrogens is 402 g/mol. The van der Waals surface area contributed by atoms with Crippen LogP contribution in [0.25, 0.3) is 21.8 Å². The molecule has 1 aliphatic carbocycles. The molecule has 0 radical (unpaired) electrons. The van der Waals surface area contributed by atoms with Crippen molar-refractivity contribution in [2.75, 3.05) is 5.32 Å². The molecule has 0 unspecified atom stereocenters. The molecule has 4 heterocycles. The smallest absolute Gasteiger partial charge is 0.270 e. The van der Waals surface area contributed by atoms with Crippen LogP contribution in [-0.2, 0) is 6.54 Å². The number of anilines is 1. The highest BCUT2D eigenvalue weighted by atomic mass is 32.1. The van der Waals surface area contributed by atoms with Crippen molar-refractivity contribution >= 4 is 34.0 Å². The van der Waals surface area contributed by atoms with Crippen molar-refractivity contribution in [3.05, 3.63) is 57.1 Å². The van der Waals surface area contributed by atoms with Crippen LogP contribution in [0.15, 0.2) is 39.1 Å². The quantitative estimate of drug-likeness (QED) is 0.523. The molecule has 0 bridgehead atoms. The maximum Gasteiger partial charge on any atom is 0.270 e. The predicted molar refractivity (Wildman–Crippen MR) is 114 cm³/mol. The van der Waals surface area contributed by atoms with E-state index in [-0.39, 0.29) is 11.0 Å². The zero-order valence-electron chi connectivity index (χ0n) is 16.5. The van der Waals surface area contributed by atoms with Gasteiger partial charge in [-0.15, -0.1) is 11.3 Å². The van der Waals surface area contributed by atoms with Crippen LogP contribution in [0.5, 0.6) is 0 Å². The van der Waals surface area contributed by atoms with Gasteiger partial charge < -0.3 is 14.4 Å². The Kier molecular flexibility index (Phi) is 4.47. The van der Waals surface area contributed by atoms with Crippen molar-refractivity contribution in [1.82, 2.24) is 19.7 Å². The van der Waals surface area contributed by atoms with E-state index in [1.807, 2.05) is 23.8 Å². The molecule has 1 aliphatic rings. The van der Waals surface area contributed by atoms with Crippen LogP contribution in [0.2, 0.25) is 0 Å². The molecule has 0 saturated heterocycles. The number of fused-ring (bicyclic) bond motifs is 1. The van der Waals surface area contributed by atoms with Crippen LogP contribution in [0.4, 0.5) is 5.69 Å². The highest BCUT2D eigenvalue weighted by molar-refractivity contribution is 7.14. The molecule has 1 amide bonds. The minimum absolute atomic E-state index is 0.0661. The first-order chi connectivity index (χ1) is 14.5. The summed E-state index contributed by atoms with van der Waals surface area (Å²) in [6.07, 6.45) is 3.72. The molecule has 1 fully saturated rings.